The van der Waals surface area contributed by atoms with E-state index in [-0.39, 0.29) is 17.9 Å². The highest BCUT2D eigenvalue weighted by atomic mass is 35.5. The standard InChI is InChI=1S/C23H22ClN3O4/c1-14-13-26(10-11-27(14)22(29)23(30)8-9-23)21(28)16-4-2-15(3-5-16)20-25-18-7-6-17(24)12-19(18)31-20/h2-7,12,14,30H,8-11,13H2,1H3/t14-/m0/s1. The Morgan fingerprint density at radius 3 is 2.58 bits per heavy atom. The summed E-state index contributed by atoms with van der Waals surface area (Å²) in [6.45, 7) is 3.22. The first-order valence-electron chi connectivity index (χ1n) is 10.3. The normalized spacial score (nSPS) is 20.2. The van der Waals surface area contributed by atoms with Crippen molar-refractivity contribution < 1.29 is 19.1 Å². The Morgan fingerprint density at radius 1 is 1.16 bits per heavy atom. The number of oxazole rings is 1. The van der Waals surface area contributed by atoms with E-state index in [2.05, 4.69) is 4.98 Å². The lowest BCUT2D eigenvalue weighted by molar-refractivity contribution is -0.146. The minimum absolute atomic E-state index is 0.0834. The Kier molecular flexibility index (Phi) is 4.75. The van der Waals surface area contributed by atoms with Crippen molar-refractivity contribution in [3.63, 3.8) is 0 Å². The van der Waals surface area contributed by atoms with Crippen LogP contribution >= 0.6 is 11.6 Å². The summed E-state index contributed by atoms with van der Waals surface area (Å²) < 4.78 is 5.78. The quantitative estimate of drug-likeness (QED) is 0.676. The van der Waals surface area contributed by atoms with E-state index in [1.807, 2.05) is 19.1 Å². The molecule has 8 heteroatoms. The maximum absolute atomic E-state index is 13.0. The van der Waals surface area contributed by atoms with Gasteiger partial charge in [0.2, 0.25) is 5.89 Å². The Hall–Kier alpha value is -2.90. The third kappa shape index (κ3) is 3.68. The smallest absolute Gasteiger partial charge is 0.254 e. The number of benzene rings is 2. The van der Waals surface area contributed by atoms with Gasteiger partial charge in [0.15, 0.2) is 5.58 Å². The number of nitrogens with zero attached hydrogens (tertiary/aromatic N) is 3. The fourth-order valence-electron chi connectivity index (χ4n) is 4.00. The number of carbonyl (C=O) groups is 2. The van der Waals surface area contributed by atoms with E-state index in [4.69, 9.17) is 16.0 Å². The maximum Gasteiger partial charge on any atom is 0.254 e. The van der Waals surface area contributed by atoms with Gasteiger partial charge in [-0.15, -0.1) is 0 Å². The lowest BCUT2D eigenvalue weighted by Crippen LogP contribution is -2.57. The second-order valence-electron chi connectivity index (χ2n) is 8.34. The van der Waals surface area contributed by atoms with Gasteiger partial charge in [0.25, 0.3) is 11.8 Å². The fraction of sp³-hybridized carbons (Fsp3) is 0.348. The first kappa shape index (κ1) is 20.0. The van der Waals surface area contributed by atoms with Crippen molar-refractivity contribution in [3.05, 3.63) is 53.1 Å². The average molecular weight is 440 g/mol. The first-order chi connectivity index (χ1) is 14.8. The van der Waals surface area contributed by atoms with Crippen LogP contribution in [-0.2, 0) is 4.79 Å². The summed E-state index contributed by atoms with van der Waals surface area (Å²) in [5.74, 6) is 0.172. The van der Waals surface area contributed by atoms with Crippen molar-refractivity contribution in [2.75, 3.05) is 19.6 Å². The minimum Gasteiger partial charge on any atom is -0.436 e. The highest BCUT2D eigenvalue weighted by Crippen LogP contribution is 2.37. The van der Waals surface area contributed by atoms with Gasteiger partial charge in [-0.25, -0.2) is 4.98 Å². The van der Waals surface area contributed by atoms with Gasteiger partial charge >= 0.3 is 0 Å². The van der Waals surface area contributed by atoms with Crippen molar-refractivity contribution in [1.29, 1.82) is 0 Å². The molecule has 0 radical (unpaired) electrons. The zero-order chi connectivity index (χ0) is 21.8. The lowest BCUT2D eigenvalue weighted by Gasteiger charge is -2.40. The Balaban J connectivity index is 1.28. The van der Waals surface area contributed by atoms with Gasteiger partial charge in [0, 0.05) is 47.9 Å². The molecule has 1 atom stereocenters. The highest BCUT2D eigenvalue weighted by molar-refractivity contribution is 6.31. The molecule has 1 aromatic heterocycles. The molecule has 160 valence electrons. The molecule has 1 saturated carbocycles. The molecule has 1 N–H and O–H groups in total. The van der Waals surface area contributed by atoms with Crippen LogP contribution in [0.25, 0.3) is 22.6 Å². The number of carbonyl (C=O) groups excluding carboxylic acids is 2. The first-order valence-corrected chi connectivity index (χ1v) is 10.7. The van der Waals surface area contributed by atoms with Crippen molar-refractivity contribution in [3.8, 4) is 11.5 Å². The number of aliphatic hydroxyl groups is 1. The van der Waals surface area contributed by atoms with Crippen LogP contribution in [0.3, 0.4) is 0 Å². The summed E-state index contributed by atoms with van der Waals surface area (Å²) >= 11 is 6.00. The SMILES string of the molecule is C[C@H]1CN(C(=O)c2ccc(-c3nc4ccc(Cl)cc4o3)cc2)CCN1C(=O)C1(O)CC1. The molecule has 1 aliphatic heterocycles. The van der Waals surface area contributed by atoms with Crippen LogP contribution in [0, 0.1) is 0 Å². The van der Waals surface area contributed by atoms with Gasteiger partial charge in [0.1, 0.15) is 11.1 Å². The molecule has 31 heavy (non-hydrogen) atoms. The largest absolute Gasteiger partial charge is 0.436 e. The number of piperazine rings is 1. The fourth-order valence-corrected chi connectivity index (χ4v) is 4.17. The second kappa shape index (κ2) is 7.35. The molecule has 2 aliphatic rings. The number of hydrogen-bond donors (Lipinski definition) is 1. The van der Waals surface area contributed by atoms with Crippen molar-refractivity contribution in [2.24, 2.45) is 0 Å². The van der Waals surface area contributed by atoms with Crippen LogP contribution in [0.2, 0.25) is 5.02 Å². The summed E-state index contributed by atoms with van der Waals surface area (Å²) in [6, 6.07) is 12.3. The second-order valence-corrected chi connectivity index (χ2v) is 8.78. The minimum atomic E-state index is -1.17. The van der Waals surface area contributed by atoms with Crippen LogP contribution in [0.4, 0.5) is 0 Å². The molecule has 1 aliphatic carbocycles. The van der Waals surface area contributed by atoms with Crippen LogP contribution in [0.15, 0.2) is 46.9 Å². The molecule has 1 saturated heterocycles. The van der Waals surface area contributed by atoms with Gasteiger partial charge in [-0.1, -0.05) is 11.6 Å². The molecule has 7 nitrogen and oxygen atoms in total. The summed E-state index contributed by atoms with van der Waals surface area (Å²) in [5.41, 5.74) is 1.49. The Labute approximate surface area is 184 Å². The van der Waals surface area contributed by atoms with Crippen LogP contribution in [0.5, 0.6) is 0 Å². The third-order valence-corrected chi connectivity index (χ3v) is 6.26. The van der Waals surface area contributed by atoms with Gasteiger partial charge in [0.05, 0.1) is 0 Å². The lowest BCUT2D eigenvalue weighted by atomic mass is 10.1. The maximum atomic E-state index is 13.0. The zero-order valence-electron chi connectivity index (χ0n) is 17.0. The van der Waals surface area contributed by atoms with E-state index in [0.29, 0.717) is 54.5 Å². The number of fused-ring (bicyclic) bond motifs is 1. The van der Waals surface area contributed by atoms with E-state index < -0.39 is 5.60 Å². The molecular formula is C23H22ClN3O4. The molecule has 2 aromatic carbocycles. The Bertz CT molecular complexity index is 1170. The van der Waals surface area contributed by atoms with Crippen molar-refractivity contribution in [2.45, 2.75) is 31.4 Å². The average Bonchev–Trinajstić information content (AvgIpc) is 3.38. The van der Waals surface area contributed by atoms with E-state index >= 15 is 0 Å². The number of halogens is 1. The monoisotopic (exact) mass is 439 g/mol. The summed E-state index contributed by atoms with van der Waals surface area (Å²) in [7, 11) is 0. The van der Waals surface area contributed by atoms with E-state index in [1.165, 1.54) is 0 Å². The van der Waals surface area contributed by atoms with Crippen LogP contribution < -0.4 is 0 Å². The predicted molar refractivity (Wildman–Crippen MR) is 116 cm³/mol. The number of rotatable bonds is 3. The molecule has 0 bridgehead atoms. The molecule has 2 heterocycles. The molecule has 0 spiro atoms. The van der Waals surface area contributed by atoms with Gasteiger partial charge < -0.3 is 19.3 Å². The molecule has 2 fully saturated rings. The van der Waals surface area contributed by atoms with Crippen molar-refractivity contribution >= 4 is 34.5 Å². The van der Waals surface area contributed by atoms with Gasteiger partial charge in [-0.05, 0) is 56.2 Å². The summed E-state index contributed by atoms with van der Waals surface area (Å²) in [6.07, 6.45) is 1.05. The summed E-state index contributed by atoms with van der Waals surface area (Å²) in [4.78, 5) is 33.3. The third-order valence-electron chi connectivity index (χ3n) is 6.03. The predicted octanol–water partition coefficient (Wildman–Crippen LogP) is 3.35. The van der Waals surface area contributed by atoms with E-state index in [1.54, 1.807) is 40.1 Å². The number of amides is 2. The highest BCUT2D eigenvalue weighted by Gasteiger charge is 2.51. The zero-order valence-corrected chi connectivity index (χ0v) is 17.8. The summed E-state index contributed by atoms with van der Waals surface area (Å²) in [5, 5.41) is 10.7. The van der Waals surface area contributed by atoms with Gasteiger partial charge in [-0.2, -0.15) is 0 Å². The van der Waals surface area contributed by atoms with Crippen LogP contribution in [-0.4, -0.2) is 63.0 Å². The van der Waals surface area contributed by atoms with E-state index in [9.17, 15) is 14.7 Å². The van der Waals surface area contributed by atoms with Gasteiger partial charge in [-0.3, -0.25) is 9.59 Å². The topological polar surface area (TPSA) is 86.9 Å². The van der Waals surface area contributed by atoms with E-state index in [0.717, 1.165) is 11.1 Å². The number of hydrogen-bond acceptors (Lipinski definition) is 5. The Morgan fingerprint density at radius 2 is 1.90 bits per heavy atom. The number of aromatic nitrogens is 1. The molecule has 2 amide bonds. The van der Waals surface area contributed by atoms with Crippen LogP contribution in [0.1, 0.15) is 30.1 Å². The molecule has 3 aromatic rings. The molecular weight excluding hydrogens is 418 g/mol. The van der Waals surface area contributed by atoms with Crippen molar-refractivity contribution in [1.82, 2.24) is 14.8 Å². The molecule has 0 unspecified atom stereocenters. The molecule has 5 rings (SSSR count).